The Bertz CT molecular complexity index is 1370. The molecule has 1 unspecified atom stereocenters. The Kier molecular flexibility index (Phi) is 10.0. The second-order valence-corrected chi connectivity index (χ2v) is 9.24. The lowest BCUT2D eigenvalue weighted by molar-refractivity contribution is -0.155. The maximum absolute atomic E-state index is 10.9. The van der Waals surface area contributed by atoms with Gasteiger partial charge in [0.25, 0.3) is 6.29 Å². The van der Waals surface area contributed by atoms with Crippen molar-refractivity contribution in [3.63, 3.8) is 0 Å². The first kappa shape index (κ1) is 27.8. The van der Waals surface area contributed by atoms with E-state index in [1.54, 1.807) is 0 Å². The molecule has 0 fully saturated rings. The summed E-state index contributed by atoms with van der Waals surface area (Å²) in [5.74, 6) is 0.428. The highest BCUT2D eigenvalue weighted by Crippen LogP contribution is 2.26. The minimum absolute atomic E-state index is 0.125. The van der Waals surface area contributed by atoms with Crippen LogP contribution >= 0.6 is 0 Å². The SMILES string of the molecule is CCc1cccc(C(OCc2nc(-c3ccccc3)oc2C)O/N=C(\CCCCC(=O)O)c2ccccc2)c1. The Morgan fingerprint density at radius 1 is 0.974 bits per heavy atom. The molecule has 7 nitrogen and oxygen atoms in total. The average molecular weight is 527 g/mol. The van der Waals surface area contributed by atoms with E-state index in [0.29, 0.717) is 36.6 Å². The number of aliphatic carboxylic acids is 1. The van der Waals surface area contributed by atoms with Gasteiger partial charge in [-0.15, -0.1) is 0 Å². The molecule has 0 amide bonds. The minimum atomic E-state index is -0.799. The lowest BCUT2D eigenvalue weighted by Crippen LogP contribution is -2.10. The standard InChI is InChI=1S/C32H34N2O5/c1-3-24-13-12-18-27(21-24)32(37-22-29-23(2)38-31(33-29)26-16-8-5-9-17-26)39-34-28(19-10-11-20-30(35)36)25-14-6-4-7-15-25/h4-9,12-18,21,32H,3,10-11,19-20,22H2,1-2H3,(H,35,36)/b34-28+. The molecule has 0 bridgehead atoms. The predicted molar refractivity (Wildman–Crippen MR) is 150 cm³/mol. The molecule has 0 saturated carbocycles. The number of unbranched alkanes of at least 4 members (excludes halogenated alkanes) is 1. The fourth-order valence-electron chi connectivity index (χ4n) is 4.12. The maximum atomic E-state index is 10.9. The van der Waals surface area contributed by atoms with Crippen LogP contribution in [-0.2, 0) is 27.4 Å². The van der Waals surface area contributed by atoms with Crippen LogP contribution in [0.3, 0.4) is 0 Å². The van der Waals surface area contributed by atoms with Crippen LogP contribution in [0.2, 0.25) is 0 Å². The first-order valence-corrected chi connectivity index (χ1v) is 13.3. The van der Waals surface area contributed by atoms with E-state index in [1.165, 1.54) is 0 Å². The van der Waals surface area contributed by atoms with Crippen molar-refractivity contribution in [2.75, 3.05) is 0 Å². The summed E-state index contributed by atoms with van der Waals surface area (Å²) >= 11 is 0. The van der Waals surface area contributed by atoms with Crippen LogP contribution in [0, 0.1) is 6.92 Å². The second-order valence-electron chi connectivity index (χ2n) is 9.24. The lowest BCUT2D eigenvalue weighted by atomic mass is 10.0. The number of oxazole rings is 1. The van der Waals surface area contributed by atoms with Gasteiger partial charge in [-0.05, 0) is 61.9 Å². The molecule has 0 aliphatic heterocycles. The number of hydrogen-bond donors (Lipinski definition) is 1. The zero-order valence-electron chi connectivity index (χ0n) is 22.4. The van der Waals surface area contributed by atoms with Gasteiger partial charge in [-0.2, -0.15) is 0 Å². The van der Waals surface area contributed by atoms with E-state index in [1.807, 2.05) is 79.7 Å². The number of aromatic nitrogens is 1. The zero-order valence-corrected chi connectivity index (χ0v) is 22.4. The van der Waals surface area contributed by atoms with Crippen molar-refractivity contribution in [3.05, 3.63) is 113 Å². The Labute approximate surface area is 229 Å². The number of carbonyl (C=O) groups is 1. The molecule has 0 aliphatic carbocycles. The molecule has 1 N–H and O–H groups in total. The van der Waals surface area contributed by atoms with Gasteiger partial charge in [0.2, 0.25) is 5.89 Å². The number of carboxylic acid groups (broad SMARTS) is 1. The first-order chi connectivity index (χ1) is 19.0. The van der Waals surface area contributed by atoms with Gasteiger partial charge >= 0.3 is 5.97 Å². The van der Waals surface area contributed by atoms with Gasteiger partial charge in [0, 0.05) is 17.5 Å². The fourth-order valence-corrected chi connectivity index (χ4v) is 4.12. The molecule has 7 heteroatoms. The first-order valence-electron chi connectivity index (χ1n) is 13.3. The fraction of sp³-hybridized carbons (Fsp3) is 0.281. The van der Waals surface area contributed by atoms with Crippen LogP contribution in [0.4, 0.5) is 0 Å². The Balaban J connectivity index is 1.55. The molecule has 1 atom stereocenters. The number of carboxylic acids is 1. The van der Waals surface area contributed by atoms with Gasteiger partial charge in [0.05, 0.1) is 12.3 Å². The van der Waals surface area contributed by atoms with E-state index in [-0.39, 0.29) is 13.0 Å². The molecule has 4 rings (SSSR count). The highest BCUT2D eigenvalue weighted by molar-refractivity contribution is 6.00. The van der Waals surface area contributed by atoms with Crippen LogP contribution in [0.1, 0.15) is 67.0 Å². The van der Waals surface area contributed by atoms with Crippen molar-refractivity contribution in [2.24, 2.45) is 5.16 Å². The van der Waals surface area contributed by atoms with Gasteiger partial charge in [-0.25, -0.2) is 4.98 Å². The van der Waals surface area contributed by atoms with Crippen molar-refractivity contribution in [1.82, 2.24) is 4.98 Å². The number of aryl methyl sites for hydroxylation is 2. The highest BCUT2D eigenvalue weighted by Gasteiger charge is 2.19. The number of benzene rings is 3. The minimum Gasteiger partial charge on any atom is -0.481 e. The van der Waals surface area contributed by atoms with E-state index < -0.39 is 12.3 Å². The van der Waals surface area contributed by atoms with Crippen LogP contribution in [0.5, 0.6) is 0 Å². The summed E-state index contributed by atoms with van der Waals surface area (Å²) in [6.45, 7) is 4.15. The smallest absolute Gasteiger partial charge is 0.303 e. The summed E-state index contributed by atoms with van der Waals surface area (Å²) in [6.07, 6.45) is 2.06. The third-order valence-corrected chi connectivity index (χ3v) is 6.34. The molecule has 39 heavy (non-hydrogen) atoms. The molecule has 3 aromatic carbocycles. The van der Waals surface area contributed by atoms with Crippen molar-refractivity contribution >= 4 is 11.7 Å². The summed E-state index contributed by atoms with van der Waals surface area (Å²) in [5.41, 5.74) is 5.26. The van der Waals surface area contributed by atoms with Gasteiger partial charge in [0.1, 0.15) is 11.5 Å². The monoisotopic (exact) mass is 526 g/mol. The Morgan fingerprint density at radius 2 is 1.69 bits per heavy atom. The highest BCUT2D eigenvalue weighted by atomic mass is 16.8. The van der Waals surface area contributed by atoms with Crippen molar-refractivity contribution in [1.29, 1.82) is 0 Å². The van der Waals surface area contributed by atoms with Crippen molar-refractivity contribution in [2.45, 2.75) is 58.8 Å². The van der Waals surface area contributed by atoms with Gasteiger partial charge in [0.15, 0.2) is 0 Å². The van der Waals surface area contributed by atoms with Gasteiger partial charge in [-0.1, -0.05) is 78.8 Å². The zero-order chi connectivity index (χ0) is 27.5. The number of nitrogens with zero attached hydrogens (tertiary/aromatic N) is 2. The summed E-state index contributed by atoms with van der Waals surface area (Å²) in [7, 11) is 0. The van der Waals surface area contributed by atoms with Gasteiger partial charge in [-0.3, -0.25) is 4.79 Å². The third kappa shape index (κ3) is 8.12. The van der Waals surface area contributed by atoms with Crippen LogP contribution < -0.4 is 0 Å². The van der Waals surface area contributed by atoms with E-state index >= 15 is 0 Å². The molecule has 202 valence electrons. The van der Waals surface area contributed by atoms with Gasteiger partial charge < -0.3 is 19.1 Å². The van der Waals surface area contributed by atoms with Crippen LogP contribution in [0.15, 0.2) is 94.5 Å². The largest absolute Gasteiger partial charge is 0.481 e. The van der Waals surface area contributed by atoms with E-state index in [9.17, 15) is 4.79 Å². The van der Waals surface area contributed by atoms with Crippen molar-refractivity contribution in [3.8, 4) is 11.5 Å². The topological polar surface area (TPSA) is 94.2 Å². The van der Waals surface area contributed by atoms with E-state index in [2.05, 4.69) is 29.2 Å². The normalized spacial score (nSPS) is 12.3. The van der Waals surface area contributed by atoms with Crippen molar-refractivity contribution < 1.29 is 23.9 Å². The van der Waals surface area contributed by atoms with E-state index in [0.717, 1.165) is 34.4 Å². The summed E-state index contributed by atoms with van der Waals surface area (Å²) in [6, 6.07) is 27.6. The number of hydrogen-bond acceptors (Lipinski definition) is 6. The van der Waals surface area contributed by atoms with E-state index in [4.69, 9.17) is 19.1 Å². The van der Waals surface area contributed by atoms with Crippen LogP contribution in [-0.4, -0.2) is 21.8 Å². The Morgan fingerprint density at radius 3 is 2.41 bits per heavy atom. The Hall–Kier alpha value is -4.23. The molecule has 0 radical (unpaired) electrons. The summed E-state index contributed by atoms with van der Waals surface area (Å²) in [4.78, 5) is 21.7. The quantitative estimate of drug-likeness (QED) is 0.0791. The molecule has 4 aromatic rings. The number of oxime groups is 1. The molecule has 0 saturated heterocycles. The summed E-state index contributed by atoms with van der Waals surface area (Å²) < 4.78 is 12.2. The maximum Gasteiger partial charge on any atom is 0.303 e. The summed E-state index contributed by atoms with van der Waals surface area (Å²) in [5, 5.41) is 13.5. The molecule has 0 aliphatic rings. The number of ether oxygens (including phenoxy) is 1. The molecule has 1 heterocycles. The molecule has 1 aromatic heterocycles. The second kappa shape index (κ2) is 14.1. The third-order valence-electron chi connectivity index (χ3n) is 6.34. The number of rotatable bonds is 14. The average Bonchev–Trinajstić information content (AvgIpc) is 3.35. The predicted octanol–water partition coefficient (Wildman–Crippen LogP) is 7.49. The molecular formula is C32H34N2O5. The lowest BCUT2D eigenvalue weighted by Gasteiger charge is -2.18. The van der Waals surface area contributed by atoms with Crippen LogP contribution in [0.25, 0.3) is 11.5 Å². The molecular weight excluding hydrogens is 492 g/mol. The molecule has 0 spiro atoms.